The third-order valence-electron chi connectivity index (χ3n) is 3.64. The largest absolute Gasteiger partial charge is 0.435 e. The molecule has 2 aromatic rings. The van der Waals surface area contributed by atoms with Crippen molar-refractivity contribution in [2.24, 2.45) is 0 Å². The van der Waals surface area contributed by atoms with Crippen LogP contribution >= 0.6 is 0 Å². The van der Waals surface area contributed by atoms with Crippen LogP contribution in [0.3, 0.4) is 0 Å². The first-order valence-corrected chi connectivity index (χ1v) is 6.81. The smallest absolute Gasteiger partial charge is 0.387 e. The number of benzene rings is 2. The molecule has 1 atom stereocenters. The number of fused-ring (bicyclic) bond motifs is 1. The molecule has 0 radical (unpaired) electrons. The van der Waals surface area contributed by atoms with Crippen LogP contribution in [0.1, 0.15) is 23.6 Å². The molecule has 0 spiro atoms. The molecular formula is C16H16F2N2O. The Morgan fingerprint density at radius 1 is 1.19 bits per heavy atom. The first kappa shape index (κ1) is 13.7. The summed E-state index contributed by atoms with van der Waals surface area (Å²) in [4.78, 5) is 0. The van der Waals surface area contributed by atoms with Crippen LogP contribution in [0.15, 0.2) is 42.5 Å². The molecule has 21 heavy (non-hydrogen) atoms. The minimum Gasteiger partial charge on any atom is -0.435 e. The van der Waals surface area contributed by atoms with Crippen LogP contribution in [0, 0.1) is 0 Å². The van der Waals surface area contributed by atoms with Gasteiger partial charge in [-0.1, -0.05) is 12.1 Å². The van der Waals surface area contributed by atoms with Gasteiger partial charge in [0.05, 0.1) is 6.04 Å². The predicted octanol–water partition coefficient (Wildman–Crippen LogP) is 3.97. The number of alkyl halides is 2. The topological polar surface area (TPSA) is 47.3 Å². The van der Waals surface area contributed by atoms with E-state index in [-0.39, 0.29) is 11.8 Å². The zero-order chi connectivity index (χ0) is 14.8. The van der Waals surface area contributed by atoms with Gasteiger partial charge in [-0.3, -0.25) is 0 Å². The van der Waals surface area contributed by atoms with Gasteiger partial charge in [-0.25, -0.2) is 0 Å². The highest BCUT2D eigenvalue weighted by Gasteiger charge is 2.22. The van der Waals surface area contributed by atoms with E-state index in [1.807, 2.05) is 24.3 Å². The Morgan fingerprint density at radius 2 is 2.05 bits per heavy atom. The molecule has 0 saturated heterocycles. The monoisotopic (exact) mass is 290 g/mol. The van der Waals surface area contributed by atoms with E-state index >= 15 is 0 Å². The molecule has 1 aliphatic carbocycles. The second-order valence-electron chi connectivity index (χ2n) is 5.10. The number of aryl methyl sites for hydroxylation is 1. The molecule has 0 aliphatic heterocycles. The summed E-state index contributed by atoms with van der Waals surface area (Å²) in [5, 5.41) is 3.36. The number of anilines is 2. The Hall–Kier alpha value is -2.30. The van der Waals surface area contributed by atoms with Gasteiger partial charge in [0.15, 0.2) is 0 Å². The van der Waals surface area contributed by atoms with Gasteiger partial charge in [-0.15, -0.1) is 0 Å². The molecule has 1 unspecified atom stereocenters. The maximum atomic E-state index is 12.2. The van der Waals surface area contributed by atoms with Gasteiger partial charge in [-0.2, -0.15) is 8.78 Å². The average Bonchev–Trinajstić information content (AvgIpc) is 2.80. The Labute approximate surface area is 121 Å². The number of halogens is 2. The molecule has 0 bridgehead atoms. The van der Waals surface area contributed by atoms with Crippen molar-refractivity contribution >= 4 is 11.4 Å². The van der Waals surface area contributed by atoms with Crippen LogP contribution < -0.4 is 15.8 Å². The molecule has 0 amide bonds. The first-order chi connectivity index (χ1) is 10.1. The minimum atomic E-state index is -2.81. The highest BCUT2D eigenvalue weighted by molar-refractivity contribution is 5.54. The van der Waals surface area contributed by atoms with E-state index in [0.29, 0.717) is 0 Å². The van der Waals surface area contributed by atoms with Gasteiger partial charge < -0.3 is 15.8 Å². The van der Waals surface area contributed by atoms with Gasteiger partial charge in [0.25, 0.3) is 0 Å². The van der Waals surface area contributed by atoms with E-state index in [2.05, 4.69) is 10.1 Å². The van der Waals surface area contributed by atoms with Gasteiger partial charge in [-0.05, 0) is 48.2 Å². The molecular weight excluding hydrogens is 274 g/mol. The lowest BCUT2D eigenvalue weighted by atomic mass is 10.1. The number of hydrogen-bond donors (Lipinski definition) is 2. The second kappa shape index (κ2) is 5.60. The average molecular weight is 290 g/mol. The number of ether oxygens (including phenoxy) is 1. The lowest BCUT2D eigenvalue weighted by Crippen LogP contribution is -2.08. The molecule has 2 aromatic carbocycles. The second-order valence-corrected chi connectivity index (χ2v) is 5.10. The summed E-state index contributed by atoms with van der Waals surface area (Å²) in [6.07, 6.45) is 1.92. The summed E-state index contributed by atoms with van der Waals surface area (Å²) in [5.41, 5.74) is 9.77. The summed E-state index contributed by atoms with van der Waals surface area (Å²) in [6, 6.07) is 12.7. The van der Waals surface area contributed by atoms with Crippen LogP contribution in [-0.4, -0.2) is 6.61 Å². The van der Waals surface area contributed by atoms with Crippen molar-refractivity contribution in [2.75, 3.05) is 11.1 Å². The summed E-state index contributed by atoms with van der Waals surface area (Å²) in [5.74, 6) is 0.158. The van der Waals surface area contributed by atoms with Gasteiger partial charge >= 0.3 is 6.61 Å². The molecule has 5 heteroatoms. The maximum Gasteiger partial charge on any atom is 0.387 e. The summed E-state index contributed by atoms with van der Waals surface area (Å²) >= 11 is 0. The Balaban J connectivity index is 1.77. The van der Waals surface area contributed by atoms with E-state index < -0.39 is 6.61 Å². The van der Waals surface area contributed by atoms with Crippen molar-refractivity contribution < 1.29 is 13.5 Å². The summed E-state index contributed by atoms with van der Waals surface area (Å²) < 4.78 is 28.9. The fraction of sp³-hybridized carbons (Fsp3) is 0.250. The fourth-order valence-electron chi connectivity index (χ4n) is 2.75. The molecule has 1 aliphatic rings. The van der Waals surface area contributed by atoms with Crippen molar-refractivity contribution in [3.8, 4) is 5.75 Å². The zero-order valence-corrected chi connectivity index (χ0v) is 11.4. The van der Waals surface area contributed by atoms with E-state index in [4.69, 9.17) is 5.73 Å². The number of rotatable bonds is 4. The van der Waals surface area contributed by atoms with E-state index in [1.165, 1.54) is 17.2 Å². The fourth-order valence-corrected chi connectivity index (χ4v) is 2.75. The van der Waals surface area contributed by atoms with E-state index in [0.717, 1.165) is 24.2 Å². The maximum absolute atomic E-state index is 12.2. The van der Waals surface area contributed by atoms with Crippen molar-refractivity contribution in [1.29, 1.82) is 0 Å². The molecule has 3 N–H and O–H groups in total. The summed E-state index contributed by atoms with van der Waals surface area (Å²) in [7, 11) is 0. The van der Waals surface area contributed by atoms with Crippen molar-refractivity contribution in [2.45, 2.75) is 25.5 Å². The van der Waals surface area contributed by atoms with Gasteiger partial charge in [0.1, 0.15) is 5.75 Å². The van der Waals surface area contributed by atoms with E-state index in [1.54, 1.807) is 12.1 Å². The Morgan fingerprint density at radius 3 is 2.86 bits per heavy atom. The number of nitrogens with two attached hydrogens (primary N) is 1. The highest BCUT2D eigenvalue weighted by atomic mass is 19.3. The van der Waals surface area contributed by atoms with E-state index in [9.17, 15) is 8.78 Å². The highest BCUT2D eigenvalue weighted by Crippen LogP contribution is 2.35. The number of nitrogen functional groups attached to an aromatic ring is 1. The lowest BCUT2D eigenvalue weighted by molar-refractivity contribution is -0.0498. The number of hydrogen-bond acceptors (Lipinski definition) is 3. The zero-order valence-electron chi connectivity index (χ0n) is 11.4. The van der Waals surface area contributed by atoms with Gasteiger partial charge in [0, 0.05) is 17.4 Å². The molecule has 0 fully saturated rings. The van der Waals surface area contributed by atoms with Crippen molar-refractivity contribution in [3.63, 3.8) is 0 Å². The molecule has 0 aromatic heterocycles. The molecule has 0 saturated carbocycles. The third kappa shape index (κ3) is 3.07. The Kier molecular flexibility index (Phi) is 3.64. The molecule has 3 nitrogen and oxygen atoms in total. The summed E-state index contributed by atoms with van der Waals surface area (Å²) in [6.45, 7) is -2.81. The molecule has 110 valence electrons. The van der Waals surface area contributed by atoms with Gasteiger partial charge in [0.2, 0.25) is 0 Å². The standard InChI is InChI=1S/C16H16F2N2O/c17-16(18)21-13-3-1-2-12(9-13)20-15-7-4-10-8-11(19)5-6-14(10)15/h1-3,5-6,8-9,15-16,20H,4,7,19H2. The Bertz CT molecular complexity index is 646. The van der Waals surface area contributed by atoms with Crippen LogP contribution in [0.25, 0.3) is 0 Å². The minimum absolute atomic E-state index is 0.158. The molecule has 3 rings (SSSR count). The normalized spacial score (nSPS) is 16.8. The first-order valence-electron chi connectivity index (χ1n) is 6.81. The third-order valence-corrected chi connectivity index (χ3v) is 3.64. The SMILES string of the molecule is Nc1ccc2c(c1)CCC2Nc1cccc(OC(F)F)c1. The lowest BCUT2D eigenvalue weighted by Gasteiger charge is -2.16. The van der Waals surface area contributed by atoms with Crippen LogP contribution in [-0.2, 0) is 6.42 Å². The molecule has 0 heterocycles. The van der Waals surface area contributed by atoms with Crippen LogP contribution in [0.4, 0.5) is 20.2 Å². The number of nitrogens with one attached hydrogen (secondary N) is 1. The van der Waals surface area contributed by atoms with Crippen molar-refractivity contribution in [1.82, 2.24) is 0 Å². The van der Waals surface area contributed by atoms with Crippen LogP contribution in [0.2, 0.25) is 0 Å². The quantitative estimate of drug-likeness (QED) is 0.838. The van der Waals surface area contributed by atoms with Crippen molar-refractivity contribution in [3.05, 3.63) is 53.6 Å². The van der Waals surface area contributed by atoms with Crippen LogP contribution in [0.5, 0.6) is 5.75 Å². The predicted molar refractivity (Wildman–Crippen MR) is 78.6 cm³/mol.